The fourth-order valence-corrected chi connectivity index (χ4v) is 4.63. The maximum Gasteiger partial charge on any atom is 0.434 e. The molecule has 0 aromatic carbocycles. The Balaban J connectivity index is 1.36. The van der Waals surface area contributed by atoms with Crippen LogP contribution in [0.15, 0.2) is 30.7 Å². The Kier molecular flexibility index (Phi) is 8.06. The summed E-state index contributed by atoms with van der Waals surface area (Å²) >= 11 is 0.932. The zero-order valence-corrected chi connectivity index (χ0v) is 21.2. The molecule has 1 saturated heterocycles. The number of likely N-dealkylation sites (tertiary alicyclic amines) is 1. The highest BCUT2D eigenvalue weighted by Gasteiger charge is 2.44. The number of aromatic nitrogens is 4. The normalized spacial score (nSPS) is 17.7. The number of nitrogens with one attached hydrogen (secondary N) is 2. The van der Waals surface area contributed by atoms with E-state index in [-0.39, 0.29) is 35.4 Å². The minimum absolute atomic E-state index is 0.00446. The molecular formula is C23H24F5N7O2S. The number of pyridine rings is 1. The summed E-state index contributed by atoms with van der Waals surface area (Å²) in [7, 11) is 0. The molecule has 1 atom stereocenters. The van der Waals surface area contributed by atoms with Crippen molar-refractivity contribution < 1.29 is 31.5 Å². The van der Waals surface area contributed by atoms with Gasteiger partial charge in [-0.05, 0) is 44.0 Å². The topological polar surface area (TPSA) is 105 Å². The fraction of sp³-hybridized carbons (Fsp3) is 0.435. The van der Waals surface area contributed by atoms with Crippen molar-refractivity contribution in [3.63, 3.8) is 0 Å². The zero-order valence-electron chi connectivity index (χ0n) is 20.4. The molecule has 1 aliphatic heterocycles. The largest absolute Gasteiger partial charge is 0.477 e. The summed E-state index contributed by atoms with van der Waals surface area (Å²) in [5.74, 6) is -4.16. The molecule has 4 heterocycles. The molecule has 204 valence electrons. The molecule has 4 rings (SSSR count). The van der Waals surface area contributed by atoms with Crippen molar-refractivity contribution in [3.8, 4) is 5.88 Å². The number of alkyl halides is 5. The Labute approximate surface area is 218 Å². The minimum Gasteiger partial charge on any atom is -0.477 e. The number of carbonyl (C=O) groups excluding carboxylic acids is 1. The Bertz CT molecular complexity index is 1250. The summed E-state index contributed by atoms with van der Waals surface area (Å²) < 4.78 is 76.5. The van der Waals surface area contributed by atoms with Gasteiger partial charge in [0, 0.05) is 6.07 Å². The number of nitrogens with zero attached hydrogens (tertiary/aromatic N) is 5. The summed E-state index contributed by atoms with van der Waals surface area (Å²) in [5, 5.41) is 5.68. The summed E-state index contributed by atoms with van der Waals surface area (Å²) in [6.45, 7) is 4.13. The van der Waals surface area contributed by atoms with E-state index in [4.69, 9.17) is 4.74 Å². The molecule has 3 aromatic rings. The van der Waals surface area contributed by atoms with E-state index in [1.165, 1.54) is 18.3 Å². The van der Waals surface area contributed by atoms with E-state index in [9.17, 15) is 26.7 Å². The summed E-state index contributed by atoms with van der Waals surface area (Å²) in [6, 6.07) is 2.98. The molecule has 1 aliphatic rings. The first kappa shape index (κ1) is 27.6. The predicted molar refractivity (Wildman–Crippen MR) is 130 cm³/mol. The van der Waals surface area contributed by atoms with Crippen molar-refractivity contribution in [2.24, 2.45) is 5.92 Å². The third kappa shape index (κ3) is 6.51. The van der Waals surface area contributed by atoms with Crippen LogP contribution in [-0.4, -0.2) is 62.3 Å². The predicted octanol–water partition coefficient (Wildman–Crippen LogP) is 5.01. The lowest BCUT2D eigenvalue weighted by atomic mass is 9.93. The molecular weight excluding hydrogens is 533 g/mol. The second kappa shape index (κ2) is 11.1. The van der Waals surface area contributed by atoms with E-state index in [1.54, 1.807) is 11.8 Å². The number of rotatable bonds is 8. The van der Waals surface area contributed by atoms with Crippen LogP contribution in [0.25, 0.3) is 0 Å². The smallest absolute Gasteiger partial charge is 0.434 e. The Morgan fingerprint density at radius 2 is 2.00 bits per heavy atom. The van der Waals surface area contributed by atoms with Gasteiger partial charge in [-0.2, -0.15) is 17.5 Å². The molecule has 0 bridgehead atoms. The molecule has 1 fully saturated rings. The maximum atomic E-state index is 14.4. The van der Waals surface area contributed by atoms with Gasteiger partial charge in [0.2, 0.25) is 5.88 Å². The number of halogens is 5. The number of hydrogen-bond acceptors (Lipinski definition) is 9. The first-order valence-electron chi connectivity index (χ1n) is 11.6. The summed E-state index contributed by atoms with van der Waals surface area (Å²) in [5.41, 5.74) is -0.276. The molecule has 38 heavy (non-hydrogen) atoms. The second-order valence-electron chi connectivity index (χ2n) is 8.65. The van der Waals surface area contributed by atoms with Crippen LogP contribution in [0.1, 0.15) is 35.1 Å². The van der Waals surface area contributed by atoms with E-state index in [0.717, 1.165) is 17.7 Å². The first-order valence-corrected chi connectivity index (χ1v) is 12.4. The van der Waals surface area contributed by atoms with Crippen molar-refractivity contribution in [1.29, 1.82) is 0 Å². The van der Waals surface area contributed by atoms with Gasteiger partial charge in [0.05, 0.1) is 54.6 Å². The number of piperidine rings is 1. The summed E-state index contributed by atoms with van der Waals surface area (Å²) in [6.07, 6.45) is -1.48. The highest BCUT2D eigenvalue weighted by Crippen LogP contribution is 2.33. The van der Waals surface area contributed by atoms with Crippen molar-refractivity contribution in [2.75, 3.05) is 36.9 Å². The van der Waals surface area contributed by atoms with E-state index < -0.39 is 29.6 Å². The van der Waals surface area contributed by atoms with Gasteiger partial charge >= 0.3 is 6.18 Å². The number of ether oxygens (including phenoxy) is 1. The van der Waals surface area contributed by atoms with Crippen molar-refractivity contribution in [1.82, 2.24) is 24.2 Å². The van der Waals surface area contributed by atoms with Crippen LogP contribution >= 0.6 is 11.5 Å². The van der Waals surface area contributed by atoms with Crippen molar-refractivity contribution in [3.05, 3.63) is 47.7 Å². The number of hydrogen-bond donors (Lipinski definition) is 2. The molecule has 15 heteroatoms. The van der Waals surface area contributed by atoms with E-state index in [2.05, 4.69) is 30.0 Å². The van der Waals surface area contributed by atoms with Gasteiger partial charge in [0.1, 0.15) is 10.8 Å². The highest BCUT2D eigenvalue weighted by atomic mass is 32.1. The quantitative estimate of drug-likeness (QED) is 0.373. The molecule has 0 saturated carbocycles. The van der Waals surface area contributed by atoms with Gasteiger partial charge in [-0.15, -0.1) is 0 Å². The average Bonchev–Trinajstić information content (AvgIpc) is 3.23. The van der Waals surface area contributed by atoms with Crippen LogP contribution in [0, 0.1) is 12.8 Å². The molecule has 9 nitrogen and oxygen atoms in total. The number of amides is 1. The molecule has 1 unspecified atom stereocenters. The van der Waals surface area contributed by atoms with Crippen molar-refractivity contribution >= 4 is 33.9 Å². The van der Waals surface area contributed by atoms with Gasteiger partial charge < -0.3 is 15.4 Å². The van der Waals surface area contributed by atoms with Crippen LogP contribution in [0.4, 0.5) is 38.5 Å². The maximum absolute atomic E-state index is 14.4. The number of anilines is 3. The van der Waals surface area contributed by atoms with Gasteiger partial charge in [0.15, 0.2) is 5.69 Å². The molecule has 2 N–H and O–H groups in total. The van der Waals surface area contributed by atoms with Crippen LogP contribution in [-0.2, 0) is 6.18 Å². The number of aryl methyl sites for hydroxylation is 1. The van der Waals surface area contributed by atoms with Crippen LogP contribution in [0.3, 0.4) is 0 Å². The van der Waals surface area contributed by atoms with Gasteiger partial charge in [0.25, 0.3) is 11.8 Å². The fourth-order valence-electron chi connectivity index (χ4n) is 3.83. The molecule has 0 radical (unpaired) electrons. The average molecular weight is 558 g/mol. The van der Waals surface area contributed by atoms with E-state index in [0.29, 0.717) is 37.1 Å². The van der Waals surface area contributed by atoms with Gasteiger partial charge in [-0.3, -0.25) is 9.69 Å². The molecule has 1 amide bonds. The van der Waals surface area contributed by atoms with Gasteiger partial charge in [-0.25, -0.2) is 23.7 Å². The minimum atomic E-state index is -4.62. The van der Waals surface area contributed by atoms with E-state index in [1.807, 2.05) is 6.92 Å². The van der Waals surface area contributed by atoms with Crippen LogP contribution in [0.2, 0.25) is 0 Å². The second-order valence-corrected chi connectivity index (χ2v) is 9.42. The summed E-state index contributed by atoms with van der Waals surface area (Å²) in [4.78, 5) is 25.7. The third-order valence-electron chi connectivity index (χ3n) is 5.97. The molecule has 0 spiro atoms. The lowest BCUT2D eigenvalue weighted by Gasteiger charge is -2.37. The first-order chi connectivity index (χ1) is 18.0. The van der Waals surface area contributed by atoms with Crippen molar-refractivity contribution in [2.45, 2.75) is 32.4 Å². The third-order valence-corrected chi connectivity index (χ3v) is 6.83. The highest BCUT2D eigenvalue weighted by molar-refractivity contribution is 7.10. The Hall–Kier alpha value is -3.46. The van der Waals surface area contributed by atoms with Crippen LogP contribution in [0.5, 0.6) is 5.88 Å². The molecule has 0 aliphatic carbocycles. The lowest BCUT2D eigenvalue weighted by Crippen LogP contribution is -2.50. The monoisotopic (exact) mass is 557 g/mol. The van der Waals surface area contributed by atoms with E-state index >= 15 is 0 Å². The Morgan fingerprint density at radius 3 is 2.61 bits per heavy atom. The Morgan fingerprint density at radius 1 is 1.21 bits per heavy atom. The molecule has 3 aromatic heterocycles. The standard InChI is InChI=1S/C23H24F5N7O2S/c1-3-35-7-6-14(22(24,25)12-35)11-37-18-5-4-15(8-31-18)32-20(36)19-13(2)34-38-21(19)33-17-10-29-16(9-30-17)23(26,27)28/h4-5,8-10,14H,3,6-7,11-12H2,1-2H3,(H,30,33)(H,32,36). The zero-order chi connectivity index (χ0) is 27.5. The van der Waals surface area contributed by atoms with Crippen LogP contribution < -0.4 is 15.4 Å². The lowest BCUT2D eigenvalue weighted by molar-refractivity contribution is -0.141. The SMILES string of the molecule is CCN1CCC(COc2ccc(NC(=O)c3c(C)nsc3Nc3cnc(C(F)(F)F)cn3)cn2)C(F)(F)C1. The van der Waals surface area contributed by atoms with Gasteiger partial charge in [-0.1, -0.05) is 6.92 Å². The number of carbonyl (C=O) groups is 1.